The minimum atomic E-state index is -1.56. The number of aliphatic hydroxyl groups excluding tert-OH is 5. The van der Waals surface area contributed by atoms with Crippen molar-refractivity contribution in [3.63, 3.8) is 0 Å². The molecule has 0 saturated carbocycles. The van der Waals surface area contributed by atoms with E-state index in [2.05, 4.69) is 92.1 Å². The number of rotatable bonds is 51. The topological polar surface area (TPSA) is 149 Å². The maximum atomic E-state index is 13.1. The van der Waals surface area contributed by atoms with Crippen molar-refractivity contribution in [2.75, 3.05) is 13.2 Å². The van der Waals surface area contributed by atoms with Crippen LogP contribution in [0.3, 0.4) is 0 Å². The van der Waals surface area contributed by atoms with Crippen molar-refractivity contribution in [2.24, 2.45) is 0 Å². The van der Waals surface area contributed by atoms with E-state index in [1.54, 1.807) is 0 Å². The van der Waals surface area contributed by atoms with Crippen molar-refractivity contribution in [3.8, 4) is 0 Å². The molecule has 1 heterocycles. The summed E-state index contributed by atoms with van der Waals surface area (Å²) < 4.78 is 11.3. The number of aliphatic hydroxyl groups is 5. The number of allylic oxidation sites excluding steroid dienone is 12. The zero-order valence-corrected chi connectivity index (χ0v) is 46.4. The Hall–Kier alpha value is -2.37. The van der Waals surface area contributed by atoms with Gasteiger partial charge in [-0.2, -0.15) is 0 Å². The first kappa shape index (κ1) is 67.6. The van der Waals surface area contributed by atoms with Gasteiger partial charge in [0.15, 0.2) is 6.29 Å². The van der Waals surface area contributed by atoms with Gasteiger partial charge in [0.2, 0.25) is 5.91 Å². The monoisotopic (exact) mass is 1010 g/mol. The lowest BCUT2D eigenvalue weighted by Gasteiger charge is -2.40. The maximum absolute atomic E-state index is 13.1. The van der Waals surface area contributed by atoms with Crippen LogP contribution >= 0.6 is 0 Å². The Kier molecular flexibility index (Phi) is 48.9. The van der Waals surface area contributed by atoms with Crippen molar-refractivity contribution >= 4 is 5.91 Å². The first-order chi connectivity index (χ1) is 35.3. The molecule has 9 heteroatoms. The van der Waals surface area contributed by atoms with Gasteiger partial charge in [0.1, 0.15) is 24.4 Å². The van der Waals surface area contributed by atoms with Crippen LogP contribution in [0.1, 0.15) is 264 Å². The lowest BCUT2D eigenvalue weighted by molar-refractivity contribution is -0.302. The van der Waals surface area contributed by atoms with E-state index >= 15 is 0 Å². The van der Waals surface area contributed by atoms with Gasteiger partial charge in [0, 0.05) is 6.42 Å². The first-order valence-electron chi connectivity index (χ1n) is 30.1. The summed E-state index contributed by atoms with van der Waals surface area (Å²) in [5.74, 6) is -0.149. The lowest BCUT2D eigenvalue weighted by atomic mass is 9.99. The largest absolute Gasteiger partial charge is 0.394 e. The van der Waals surface area contributed by atoms with Crippen molar-refractivity contribution < 1.29 is 39.8 Å². The Morgan fingerprint density at radius 2 is 0.861 bits per heavy atom. The van der Waals surface area contributed by atoms with E-state index < -0.39 is 49.5 Å². The average molecular weight is 1010 g/mol. The van der Waals surface area contributed by atoms with Crippen LogP contribution in [0.15, 0.2) is 72.9 Å². The zero-order valence-electron chi connectivity index (χ0n) is 46.4. The molecular formula is C63H113NO8. The van der Waals surface area contributed by atoms with Gasteiger partial charge in [-0.1, -0.05) is 267 Å². The number of hydrogen-bond donors (Lipinski definition) is 6. The predicted octanol–water partition coefficient (Wildman–Crippen LogP) is 15.2. The second kappa shape index (κ2) is 52.1. The highest BCUT2D eigenvalue weighted by atomic mass is 16.7. The molecule has 0 spiro atoms. The van der Waals surface area contributed by atoms with Crippen LogP contribution in [0.2, 0.25) is 0 Å². The molecule has 0 aromatic heterocycles. The number of amides is 1. The number of hydrogen-bond acceptors (Lipinski definition) is 8. The van der Waals surface area contributed by atoms with E-state index in [-0.39, 0.29) is 12.5 Å². The highest BCUT2D eigenvalue weighted by Gasteiger charge is 2.44. The highest BCUT2D eigenvalue weighted by molar-refractivity contribution is 5.76. The zero-order chi connectivity index (χ0) is 52.2. The number of unbranched alkanes of at least 4 members (excludes halogenated alkanes) is 29. The Morgan fingerprint density at radius 1 is 0.486 bits per heavy atom. The van der Waals surface area contributed by atoms with Crippen LogP contribution in [0.25, 0.3) is 0 Å². The van der Waals surface area contributed by atoms with Gasteiger partial charge in [0.25, 0.3) is 0 Å². The number of nitrogens with one attached hydrogen (secondary N) is 1. The molecule has 1 rings (SSSR count). The summed E-state index contributed by atoms with van der Waals surface area (Å²) in [4.78, 5) is 13.1. The molecule has 72 heavy (non-hydrogen) atoms. The fraction of sp³-hybridized carbons (Fsp3) is 0.794. The number of carbonyl (C=O) groups excluding carboxylic acids is 1. The Labute approximate surface area is 442 Å². The maximum Gasteiger partial charge on any atom is 0.220 e. The van der Waals surface area contributed by atoms with E-state index in [4.69, 9.17) is 9.47 Å². The summed E-state index contributed by atoms with van der Waals surface area (Å²) >= 11 is 0. The smallest absolute Gasteiger partial charge is 0.220 e. The molecule has 7 unspecified atom stereocenters. The van der Waals surface area contributed by atoms with Crippen LogP contribution in [0.4, 0.5) is 0 Å². The molecule has 1 aliphatic heterocycles. The van der Waals surface area contributed by atoms with Crippen LogP contribution in [-0.2, 0) is 14.3 Å². The van der Waals surface area contributed by atoms with Gasteiger partial charge in [-0.05, 0) is 64.2 Å². The molecule has 1 amide bonds. The van der Waals surface area contributed by atoms with Crippen molar-refractivity contribution in [1.82, 2.24) is 5.32 Å². The molecular weight excluding hydrogens is 899 g/mol. The summed E-state index contributed by atoms with van der Waals surface area (Å²) in [6, 6.07) is -0.726. The third-order valence-corrected chi connectivity index (χ3v) is 14.1. The average Bonchev–Trinajstić information content (AvgIpc) is 3.38. The fourth-order valence-electron chi connectivity index (χ4n) is 9.34. The Morgan fingerprint density at radius 3 is 1.28 bits per heavy atom. The summed E-state index contributed by atoms with van der Waals surface area (Å²) in [5.41, 5.74) is 0. The van der Waals surface area contributed by atoms with Gasteiger partial charge in [-0.3, -0.25) is 4.79 Å². The molecule has 1 saturated heterocycles. The molecule has 9 nitrogen and oxygen atoms in total. The molecule has 0 aliphatic carbocycles. The molecule has 0 aromatic rings. The molecule has 0 aromatic carbocycles. The van der Waals surface area contributed by atoms with Gasteiger partial charge < -0.3 is 40.3 Å². The standard InChI is InChI=1S/C63H113NO8/c1-3-5-7-9-11-13-15-17-19-21-23-25-26-27-28-29-30-31-32-33-35-37-39-41-43-45-47-49-51-53-59(67)64-56(55-71-63-62(70)61(69)60(68)58(54-65)72-63)57(66)52-50-48-46-44-42-40-38-36-34-24-22-20-18-16-14-12-10-8-6-4-2/h5,7,11,13,17,19,23,25,27-28,30-31,56-58,60-63,65-66,68-70H,3-4,6,8-10,12,14-16,18,20-22,24,26,29,32-55H2,1-2H3,(H,64,67)/b7-5-,13-11-,19-17-,25-23-,28-27-,31-30-. The van der Waals surface area contributed by atoms with Gasteiger partial charge in [0.05, 0.1) is 25.4 Å². The first-order valence-corrected chi connectivity index (χ1v) is 30.1. The van der Waals surface area contributed by atoms with E-state index in [1.807, 2.05) is 0 Å². The second-order valence-electron chi connectivity index (χ2n) is 20.8. The third kappa shape index (κ3) is 40.9. The lowest BCUT2D eigenvalue weighted by Crippen LogP contribution is -2.60. The summed E-state index contributed by atoms with van der Waals surface area (Å²) in [7, 11) is 0. The normalized spacial score (nSPS) is 19.7. The van der Waals surface area contributed by atoms with Gasteiger partial charge >= 0.3 is 0 Å². The van der Waals surface area contributed by atoms with Crippen molar-refractivity contribution in [2.45, 2.75) is 307 Å². The Balaban J connectivity index is 2.19. The van der Waals surface area contributed by atoms with Crippen LogP contribution in [-0.4, -0.2) is 87.5 Å². The molecule has 0 bridgehead atoms. The summed E-state index contributed by atoms with van der Waals surface area (Å²) in [5, 5.41) is 54.8. The molecule has 6 N–H and O–H groups in total. The Bertz CT molecular complexity index is 1360. The number of ether oxygens (including phenoxy) is 2. The van der Waals surface area contributed by atoms with E-state index in [1.165, 1.54) is 154 Å². The third-order valence-electron chi connectivity index (χ3n) is 14.1. The van der Waals surface area contributed by atoms with Crippen molar-refractivity contribution in [3.05, 3.63) is 72.9 Å². The molecule has 1 aliphatic rings. The minimum Gasteiger partial charge on any atom is -0.394 e. The minimum absolute atomic E-state index is 0.142. The van der Waals surface area contributed by atoms with Gasteiger partial charge in [-0.15, -0.1) is 0 Å². The highest BCUT2D eigenvalue weighted by Crippen LogP contribution is 2.23. The van der Waals surface area contributed by atoms with Gasteiger partial charge in [-0.25, -0.2) is 0 Å². The van der Waals surface area contributed by atoms with Crippen LogP contribution in [0, 0.1) is 0 Å². The van der Waals surface area contributed by atoms with E-state index in [0.29, 0.717) is 12.8 Å². The molecule has 0 radical (unpaired) electrons. The quantitative estimate of drug-likeness (QED) is 0.0261. The fourth-order valence-corrected chi connectivity index (χ4v) is 9.34. The van der Waals surface area contributed by atoms with Crippen molar-refractivity contribution in [1.29, 1.82) is 0 Å². The SMILES string of the molecule is CC/C=C\C/C=C\C/C=C\C/C=C\C/C=C\C/C=C\CCCCCCCCCCCCC(=O)NC(COC1OC(CO)C(O)C(O)C1O)C(O)CCCCCCCCCCCCCCCCCCCCCC. The van der Waals surface area contributed by atoms with Crippen LogP contribution < -0.4 is 5.32 Å². The second-order valence-corrected chi connectivity index (χ2v) is 20.8. The predicted molar refractivity (Wildman–Crippen MR) is 304 cm³/mol. The molecule has 1 fully saturated rings. The molecule has 7 atom stereocenters. The van der Waals surface area contributed by atoms with E-state index in [0.717, 1.165) is 83.5 Å². The molecule has 418 valence electrons. The summed E-state index contributed by atoms with van der Waals surface area (Å²) in [6.45, 7) is 3.74. The summed E-state index contributed by atoms with van der Waals surface area (Å²) in [6.07, 6.45) is 65.0. The number of carbonyl (C=O) groups is 1. The van der Waals surface area contributed by atoms with Crippen LogP contribution in [0.5, 0.6) is 0 Å². The van der Waals surface area contributed by atoms with E-state index in [9.17, 15) is 30.3 Å².